The number of amides is 3. The number of carbonyl (C=O) groups excluding carboxylic acids is 3. The molecule has 0 aromatic rings. The molecule has 0 aliphatic carbocycles. The second-order valence-electron chi connectivity index (χ2n) is 5.57. The van der Waals surface area contributed by atoms with Gasteiger partial charge in [-0.3, -0.25) is 19.3 Å². The van der Waals surface area contributed by atoms with Gasteiger partial charge in [-0.2, -0.15) is 12.6 Å². The number of hydrogen-bond acceptors (Lipinski definition) is 6. The van der Waals surface area contributed by atoms with Crippen LogP contribution in [0.25, 0.3) is 0 Å². The van der Waals surface area contributed by atoms with Crippen LogP contribution < -0.4 is 5.32 Å². The van der Waals surface area contributed by atoms with Crippen LogP contribution in [0.2, 0.25) is 0 Å². The molecule has 2 aliphatic rings. The highest BCUT2D eigenvalue weighted by Gasteiger charge is 2.35. The van der Waals surface area contributed by atoms with Crippen LogP contribution in [-0.4, -0.2) is 52.0 Å². The van der Waals surface area contributed by atoms with E-state index in [1.807, 2.05) is 21.6 Å². The normalized spacial score (nSPS) is 25.6. The number of likely N-dealkylation sites (tertiary alicyclic amines) is 1. The van der Waals surface area contributed by atoms with Crippen LogP contribution >= 0.6 is 34.2 Å². The van der Waals surface area contributed by atoms with Crippen molar-refractivity contribution in [1.82, 2.24) is 10.2 Å². The van der Waals surface area contributed by atoms with Gasteiger partial charge in [0.25, 0.3) is 0 Å². The average Bonchev–Trinajstić information content (AvgIpc) is 2.74. The first-order valence-electron chi connectivity index (χ1n) is 7.64. The van der Waals surface area contributed by atoms with Crippen molar-refractivity contribution in [3.63, 3.8) is 0 Å². The van der Waals surface area contributed by atoms with E-state index >= 15 is 0 Å². The van der Waals surface area contributed by atoms with Crippen LogP contribution in [0.5, 0.6) is 0 Å². The van der Waals surface area contributed by atoms with Crippen LogP contribution in [0.3, 0.4) is 0 Å². The predicted molar refractivity (Wildman–Crippen MR) is 94.0 cm³/mol. The highest BCUT2D eigenvalue weighted by molar-refractivity contribution is 8.76. The molecule has 2 saturated heterocycles. The fourth-order valence-electron chi connectivity index (χ4n) is 2.51. The first-order valence-corrected chi connectivity index (χ1v) is 10.6. The first kappa shape index (κ1) is 18.0. The lowest BCUT2D eigenvalue weighted by molar-refractivity contribution is -0.138. The minimum absolute atomic E-state index is 0.112. The summed E-state index contributed by atoms with van der Waals surface area (Å²) in [5.74, 6) is 1.88. The van der Waals surface area contributed by atoms with E-state index in [1.165, 1.54) is 4.90 Å². The second-order valence-corrected chi connectivity index (χ2v) is 8.82. The van der Waals surface area contributed by atoms with Gasteiger partial charge in [0.05, 0.1) is 5.25 Å². The zero-order valence-corrected chi connectivity index (χ0v) is 15.0. The van der Waals surface area contributed by atoms with Gasteiger partial charge < -0.3 is 5.32 Å². The van der Waals surface area contributed by atoms with Crippen molar-refractivity contribution in [2.45, 2.75) is 49.8 Å². The Balaban J connectivity index is 1.54. The number of carbonyl (C=O) groups is 3. The smallest absolute Gasteiger partial charge is 0.242 e. The number of nitrogens with one attached hydrogen (secondary N) is 1. The van der Waals surface area contributed by atoms with Crippen LogP contribution in [0, 0.1) is 0 Å². The molecule has 124 valence electrons. The van der Waals surface area contributed by atoms with E-state index in [2.05, 4.69) is 17.9 Å². The Hall–Kier alpha value is -0.340. The summed E-state index contributed by atoms with van der Waals surface area (Å²) in [7, 11) is 3.68. The van der Waals surface area contributed by atoms with E-state index in [0.29, 0.717) is 19.0 Å². The lowest BCUT2D eigenvalue weighted by Crippen LogP contribution is -2.37. The van der Waals surface area contributed by atoms with Gasteiger partial charge >= 0.3 is 0 Å². The molecule has 0 aromatic carbocycles. The quantitative estimate of drug-likeness (QED) is 0.313. The molecule has 2 unspecified atom stereocenters. The summed E-state index contributed by atoms with van der Waals surface area (Å²) in [6.45, 7) is 0.451. The van der Waals surface area contributed by atoms with Crippen molar-refractivity contribution in [3.05, 3.63) is 0 Å². The number of nitrogens with zero attached hydrogens (tertiary/aromatic N) is 1. The van der Waals surface area contributed by atoms with Gasteiger partial charge in [-0.15, -0.1) is 0 Å². The van der Waals surface area contributed by atoms with E-state index in [4.69, 9.17) is 0 Å². The van der Waals surface area contributed by atoms with E-state index in [9.17, 15) is 14.4 Å². The summed E-state index contributed by atoms with van der Waals surface area (Å²) in [5.41, 5.74) is 0. The summed E-state index contributed by atoms with van der Waals surface area (Å²) in [6, 6.07) is 0.311. The van der Waals surface area contributed by atoms with Gasteiger partial charge in [0.1, 0.15) is 0 Å². The summed E-state index contributed by atoms with van der Waals surface area (Å²) < 4.78 is 0. The van der Waals surface area contributed by atoms with Gasteiger partial charge in [0.2, 0.25) is 17.7 Å². The number of rotatable bonds is 7. The molecule has 0 radical (unpaired) electrons. The molecule has 0 bridgehead atoms. The average molecular weight is 363 g/mol. The summed E-state index contributed by atoms with van der Waals surface area (Å²) >= 11 is 4.09. The van der Waals surface area contributed by atoms with Crippen molar-refractivity contribution in [2.24, 2.45) is 0 Å². The molecule has 0 spiro atoms. The number of hydrogen-bond donors (Lipinski definition) is 2. The third-order valence-corrected chi connectivity index (χ3v) is 6.69. The largest absolute Gasteiger partial charge is 0.352 e. The predicted octanol–water partition coefficient (Wildman–Crippen LogP) is 1.87. The number of thiol groups is 1. The highest BCUT2D eigenvalue weighted by atomic mass is 33.1. The zero-order chi connectivity index (χ0) is 15.9. The Kier molecular flexibility index (Phi) is 7.43. The minimum atomic E-state index is -0.468. The highest BCUT2D eigenvalue weighted by Crippen LogP contribution is 2.29. The molecule has 22 heavy (non-hydrogen) atoms. The third-order valence-electron chi connectivity index (χ3n) is 3.77. The second kappa shape index (κ2) is 9.08. The molecular weight excluding hydrogens is 340 g/mol. The van der Waals surface area contributed by atoms with Gasteiger partial charge in [-0.25, -0.2) is 0 Å². The fourth-order valence-corrected chi connectivity index (χ4v) is 5.24. The van der Waals surface area contributed by atoms with Crippen LogP contribution in [0.15, 0.2) is 0 Å². The maximum atomic E-state index is 11.8. The van der Waals surface area contributed by atoms with Crippen LogP contribution in [0.1, 0.15) is 38.5 Å². The molecule has 2 heterocycles. The third kappa shape index (κ3) is 5.38. The van der Waals surface area contributed by atoms with Gasteiger partial charge in [-0.1, -0.05) is 28.0 Å². The van der Waals surface area contributed by atoms with Crippen molar-refractivity contribution in [2.75, 3.05) is 18.1 Å². The summed E-state index contributed by atoms with van der Waals surface area (Å²) in [6.07, 6.45) is 4.17. The van der Waals surface area contributed by atoms with E-state index in [0.717, 1.165) is 37.2 Å². The fraction of sp³-hybridized carbons (Fsp3) is 0.786. The maximum absolute atomic E-state index is 11.8. The molecule has 0 aromatic heterocycles. The standard InChI is InChI=1S/C14H22N2O3S3/c17-12(15-10-5-7-21-22-9-10)4-2-1-3-6-16-13(18)8-11(20)14(16)19/h10-11,20H,1-9H2,(H,15,17). The van der Waals surface area contributed by atoms with Crippen molar-refractivity contribution >= 4 is 51.9 Å². The van der Waals surface area contributed by atoms with E-state index in [1.54, 1.807) is 0 Å². The Bertz CT molecular complexity index is 428. The Labute approximate surface area is 144 Å². The lowest BCUT2D eigenvalue weighted by Gasteiger charge is -2.21. The van der Waals surface area contributed by atoms with Crippen molar-refractivity contribution in [3.8, 4) is 0 Å². The molecule has 2 atom stereocenters. The molecule has 5 nitrogen and oxygen atoms in total. The van der Waals surface area contributed by atoms with Crippen LogP contribution in [-0.2, 0) is 14.4 Å². The molecule has 3 amide bonds. The molecule has 2 aliphatic heterocycles. The topological polar surface area (TPSA) is 66.5 Å². The molecule has 2 rings (SSSR count). The molecule has 0 saturated carbocycles. The molecule has 2 fully saturated rings. The SMILES string of the molecule is O=C(CCCCCN1C(=O)CC(S)C1=O)NC1CCSSC1. The van der Waals surface area contributed by atoms with Gasteiger partial charge in [0, 0.05) is 36.9 Å². The van der Waals surface area contributed by atoms with E-state index in [-0.39, 0.29) is 24.1 Å². The summed E-state index contributed by atoms with van der Waals surface area (Å²) in [5, 5.41) is 2.60. The first-order chi connectivity index (χ1) is 10.6. The minimum Gasteiger partial charge on any atom is -0.352 e. The van der Waals surface area contributed by atoms with E-state index < -0.39 is 5.25 Å². The van der Waals surface area contributed by atoms with Gasteiger partial charge in [-0.05, 0) is 19.3 Å². The number of imide groups is 1. The molecular formula is C14H22N2O3S3. The molecule has 8 heteroatoms. The monoisotopic (exact) mass is 362 g/mol. The Morgan fingerprint density at radius 3 is 2.73 bits per heavy atom. The zero-order valence-electron chi connectivity index (χ0n) is 12.5. The Morgan fingerprint density at radius 2 is 2.09 bits per heavy atom. The number of unbranched alkanes of at least 4 members (excludes halogenated alkanes) is 2. The van der Waals surface area contributed by atoms with Crippen molar-refractivity contribution < 1.29 is 14.4 Å². The van der Waals surface area contributed by atoms with Crippen LogP contribution in [0.4, 0.5) is 0 Å². The molecule has 1 N–H and O–H groups in total. The maximum Gasteiger partial charge on any atom is 0.242 e. The Morgan fingerprint density at radius 1 is 1.27 bits per heavy atom. The summed E-state index contributed by atoms with van der Waals surface area (Å²) in [4.78, 5) is 36.4. The van der Waals surface area contributed by atoms with Crippen molar-refractivity contribution in [1.29, 1.82) is 0 Å². The lowest BCUT2D eigenvalue weighted by atomic mass is 10.1. The van der Waals surface area contributed by atoms with Gasteiger partial charge in [0.15, 0.2) is 0 Å².